The minimum absolute atomic E-state index is 0.571. The van der Waals surface area contributed by atoms with Gasteiger partial charge in [0.1, 0.15) is 16.8 Å². The number of fused-ring (bicyclic) bond motifs is 5. The molecule has 1 atom stereocenters. The molecule has 0 saturated carbocycles. The largest absolute Gasteiger partial charge is 0.339 e. The Bertz CT molecular complexity index is 914. The molecule has 20 heavy (non-hydrogen) atoms. The molecule has 4 aromatic rings. The van der Waals surface area contributed by atoms with Crippen molar-refractivity contribution in [3.05, 3.63) is 48.2 Å². The van der Waals surface area contributed by atoms with Crippen LogP contribution in [0.5, 0.6) is 0 Å². The van der Waals surface area contributed by atoms with Crippen molar-refractivity contribution in [1.29, 1.82) is 0 Å². The van der Waals surface area contributed by atoms with Gasteiger partial charge >= 0.3 is 0 Å². The summed E-state index contributed by atoms with van der Waals surface area (Å²) in [6.07, 6.45) is 3.37. The number of pyridine rings is 1. The van der Waals surface area contributed by atoms with Gasteiger partial charge in [-0.25, -0.2) is 4.98 Å². The molecule has 0 aliphatic carbocycles. The summed E-state index contributed by atoms with van der Waals surface area (Å²) in [5.41, 5.74) is 5.66. The van der Waals surface area contributed by atoms with E-state index in [0.717, 1.165) is 28.7 Å². The Kier molecular flexibility index (Phi) is 2.36. The van der Waals surface area contributed by atoms with Gasteiger partial charge in [-0.1, -0.05) is 38.1 Å². The first kappa shape index (κ1) is 11.5. The van der Waals surface area contributed by atoms with E-state index in [1.54, 1.807) is 0 Å². The molecule has 0 amide bonds. The smallest absolute Gasteiger partial charge is 0.143 e. The quantitative estimate of drug-likeness (QED) is 0.568. The number of hydrogen-bond donors (Lipinski definition) is 1. The van der Waals surface area contributed by atoms with E-state index in [4.69, 9.17) is 4.98 Å². The van der Waals surface area contributed by atoms with Crippen LogP contribution in [-0.4, -0.2) is 14.4 Å². The molecule has 3 nitrogen and oxygen atoms in total. The number of imidazole rings is 1. The Morgan fingerprint density at radius 2 is 2.05 bits per heavy atom. The molecule has 4 rings (SSSR count). The maximum Gasteiger partial charge on any atom is 0.143 e. The first-order valence-corrected chi connectivity index (χ1v) is 7.16. The Morgan fingerprint density at radius 1 is 1.20 bits per heavy atom. The number of rotatable bonds is 2. The third-order valence-corrected chi connectivity index (χ3v) is 4.26. The molecule has 1 aromatic carbocycles. The van der Waals surface area contributed by atoms with Crippen molar-refractivity contribution in [3.63, 3.8) is 0 Å². The molecule has 1 unspecified atom stereocenters. The van der Waals surface area contributed by atoms with E-state index in [1.165, 1.54) is 10.9 Å². The summed E-state index contributed by atoms with van der Waals surface area (Å²) in [5.74, 6) is 0.571. The van der Waals surface area contributed by atoms with Crippen molar-refractivity contribution in [2.45, 2.75) is 26.2 Å². The van der Waals surface area contributed by atoms with E-state index in [9.17, 15) is 0 Å². The molecule has 3 heterocycles. The minimum atomic E-state index is 0.571. The van der Waals surface area contributed by atoms with Crippen molar-refractivity contribution < 1.29 is 0 Å². The standard InChI is InChI=1S/C17H17N3/c1-3-11(2)12-8-9-15-19-16-13-6-4-5-7-14(13)18-17(16)20(15)10-12/h4-11,18H,3H2,1-2H3. The van der Waals surface area contributed by atoms with Gasteiger partial charge < -0.3 is 4.98 Å². The number of nitrogens with zero attached hydrogens (tertiary/aromatic N) is 2. The van der Waals surface area contributed by atoms with Gasteiger partial charge in [-0.3, -0.25) is 4.40 Å². The molecular formula is C17H17N3. The SMILES string of the molecule is CCC(C)c1ccc2nc3c4ccccc4[nH]c3n2c1. The molecule has 3 heteroatoms. The fourth-order valence-corrected chi connectivity index (χ4v) is 2.82. The van der Waals surface area contributed by atoms with Crippen LogP contribution >= 0.6 is 0 Å². The highest BCUT2D eigenvalue weighted by atomic mass is 15.1. The van der Waals surface area contributed by atoms with E-state index < -0.39 is 0 Å². The number of nitrogens with one attached hydrogen (secondary N) is 1. The lowest BCUT2D eigenvalue weighted by molar-refractivity contribution is 0.728. The van der Waals surface area contributed by atoms with E-state index in [1.807, 2.05) is 0 Å². The Morgan fingerprint density at radius 3 is 2.90 bits per heavy atom. The topological polar surface area (TPSA) is 33.1 Å². The molecule has 0 fully saturated rings. The van der Waals surface area contributed by atoms with Crippen molar-refractivity contribution in [3.8, 4) is 0 Å². The van der Waals surface area contributed by atoms with Gasteiger partial charge in [0, 0.05) is 17.1 Å². The summed E-state index contributed by atoms with van der Waals surface area (Å²) >= 11 is 0. The van der Waals surface area contributed by atoms with E-state index >= 15 is 0 Å². The van der Waals surface area contributed by atoms with E-state index in [0.29, 0.717) is 5.92 Å². The van der Waals surface area contributed by atoms with Gasteiger partial charge in [0.25, 0.3) is 0 Å². The molecule has 0 aliphatic rings. The van der Waals surface area contributed by atoms with Gasteiger partial charge in [-0.15, -0.1) is 0 Å². The Hall–Kier alpha value is -2.29. The molecule has 100 valence electrons. The lowest BCUT2D eigenvalue weighted by Crippen LogP contribution is -1.95. The Balaban J connectivity index is 2.08. The third-order valence-electron chi connectivity index (χ3n) is 4.26. The zero-order valence-electron chi connectivity index (χ0n) is 11.7. The van der Waals surface area contributed by atoms with E-state index in [-0.39, 0.29) is 0 Å². The van der Waals surface area contributed by atoms with Crippen LogP contribution in [0.25, 0.3) is 27.7 Å². The number of hydrogen-bond acceptors (Lipinski definition) is 1. The molecule has 1 N–H and O–H groups in total. The predicted octanol–water partition coefficient (Wildman–Crippen LogP) is 4.48. The maximum atomic E-state index is 4.76. The van der Waals surface area contributed by atoms with Crippen LogP contribution in [0.2, 0.25) is 0 Å². The lowest BCUT2D eigenvalue weighted by Gasteiger charge is -2.08. The molecule has 0 spiro atoms. The van der Waals surface area contributed by atoms with Crippen LogP contribution in [-0.2, 0) is 0 Å². The second-order valence-electron chi connectivity index (χ2n) is 5.48. The molecule has 3 aromatic heterocycles. The van der Waals surface area contributed by atoms with Crippen LogP contribution in [0.3, 0.4) is 0 Å². The van der Waals surface area contributed by atoms with Gasteiger partial charge in [0.2, 0.25) is 0 Å². The van der Waals surface area contributed by atoms with Crippen LogP contribution in [0, 0.1) is 0 Å². The van der Waals surface area contributed by atoms with Crippen LogP contribution in [0.4, 0.5) is 0 Å². The lowest BCUT2D eigenvalue weighted by atomic mass is 10.0. The number of benzene rings is 1. The number of para-hydroxylation sites is 1. The number of H-pyrrole nitrogens is 1. The summed E-state index contributed by atoms with van der Waals surface area (Å²) in [6, 6.07) is 12.6. The second-order valence-corrected chi connectivity index (χ2v) is 5.48. The summed E-state index contributed by atoms with van der Waals surface area (Å²) in [4.78, 5) is 8.25. The third kappa shape index (κ3) is 1.49. The first-order chi connectivity index (χ1) is 9.78. The predicted molar refractivity (Wildman–Crippen MR) is 83.3 cm³/mol. The molecule has 0 bridgehead atoms. The summed E-state index contributed by atoms with van der Waals surface area (Å²) < 4.78 is 2.18. The summed E-state index contributed by atoms with van der Waals surface area (Å²) in [6.45, 7) is 4.49. The zero-order chi connectivity index (χ0) is 13.7. The molecule has 0 aliphatic heterocycles. The van der Waals surface area contributed by atoms with Crippen LogP contribution < -0.4 is 0 Å². The average Bonchev–Trinajstić information content (AvgIpc) is 3.02. The number of aromatic amines is 1. The van der Waals surface area contributed by atoms with Crippen LogP contribution in [0.15, 0.2) is 42.6 Å². The van der Waals surface area contributed by atoms with Crippen molar-refractivity contribution in [1.82, 2.24) is 14.4 Å². The van der Waals surface area contributed by atoms with Crippen molar-refractivity contribution in [2.75, 3.05) is 0 Å². The zero-order valence-corrected chi connectivity index (χ0v) is 11.7. The van der Waals surface area contributed by atoms with Gasteiger partial charge in [0.15, 0.2) is 0 Å². The first-order valence-electron chi connectivity index (χ1n) is 7.16. The summed E-state index contributed by atoms with van der Waals surface area (Å²) in [7, 11) is 0. The van der Waals surface area contributed by atoms with Crippen LogP contribution in [0.1, 0.15) is 31.7 Å². The molecule has 0 saturated heterocycles. The maximum absolute atomic E-state index is 4.76. The highest BCUT2D eigenvalue weighted by Gasteiger charge is 2.12. The van der Waals surface area contributed by atoms with E-state index in [2.05, 4.69) is 65.8 Å². The monoisotopic (exact) mass is 263 g/mol. The van der Waals surface area contributed by atoms with Crippen molar-refractivity contribution in [2.24, 2.45) is 0 Å². The number of aromatic nitrogens is 3. The van der Waals surface area contributed by atoms with Gasteiger partial charge in [-0.05, 0) is 30.0 Å². The fourth-order valence-electron chi connectivity index (χ4n) is 2.82. The highest BCUT2D eigenvalue weighted by Crippen LogP contribution is 2.27. The normalized spacial score (nSPS) is 13.5. The molecular weight excluding hydrogens is 246 g/mol. The fraction of sp³-hybridized carbons (Fsp3) is 0.235. The highest BCUT2D eigenvalue weighted by molar-refractivity contribution is 6.05. The van der Waals surface area contributed by atoms with Gasteiger partial charge in [-0.2, -0.15) is 0 Å². The Labute approximate surface area is 117 Å². The molecule has 0 radical (unpaired) electrons. The van der Waals surface area contributed by atoms with Crippen molar-refractivity contribution >= 4 is 27.7 Å². The van der Waals surface area contributed by atoms with Gasteiger partial charge in [0.05, 0.1) is 0 Å². The minimum Gasteiger partial charge on any atom is -0.339 e. The summed E-state index contributed by atoms with van der Waals surface area (Å²) in [5, 5.41) is 1.19. The average molecular weight is 263 g/mol. The second kappa shape index (κ2) is 4.10.